The fourth-order valence-electron chi connectivity index (χ4n) is 3.39. The Bertz CT molecular complexity index is 934. The van der Waals surface area contributed by atoms with E-state index in [2.05, 4.69) is 23.2 Å². The van der Waals surface area contributed by atoms with Crippen molar-refractivity contribution in [3.63, 3.8) is 0 Å². The van der Waals surface area contributed by atoms with Gasteiger partial charge in [-0.05, 0) is 50.8 Å². The number of nitrogens with two attached hydrogens (primary N) is 1. The van der Waals surface area contributed by atoms with Crippen molar-refractivity contribution in [2.75, 3.05) is 25.1 Å². The molecule has 1 amide bonds. The molecule has 0 radical (unpaired) electrons. The molecule has 1 aromatic rings. The van der Waals surface area contributed by atoms with Gasteiger partial charge in [-0.15, -0.1) is 13.2 Å². The van der Waals surface area contributed by atoms with Gasteiger partial charge >= 0.3 is 0 Å². The van der Waals surface area contributed by atoms with E-state index in [9.17, 15) is 22.0 Å². The molecule has 0 bridgehead atoms. The minimum absolute atomic E-state index is 0.0576. The lowest BCUT2D eigenvalue weighted by Crippen LogP contribution is -2.43. The van der Waals surface area contributed by atoms with Gasteiger partial charge in [0.1, 0.15) is 5.82 Å². The van der Waals surface area contributed by atoms with Crippen LogP contribution < -0.4 is 15.8 Å². The molecule has 1 fully saturated rings. The predicted octanol–water partition coefficient (Wildman–Crippen LogP) is 3.59. The number of rotatable bonds is 12. The van der Waals surface area contributed by atoms with Crippen molar-refractivity contribution in [1.82, 2.24) is 9.62 Å². The lowest BCUT2D eigenvalue weighted by Gasteiger charge is -2.26. The van der Waals surface area contributed by atoms with Crippen molar-refractivity contribution < 1.29 is 22.0 Å². The normalized spacial score (nSPS) is 15.6. The Morgan fingerprint density at radius 3 is 2.48 bits per heavy atom. The van der Waals surface area contributed by atoms with Crippen LogP contribution in [0, 0.1) is 12.7 Å². The third kappa shape index (κ3) is 7.53. The van der Waals surface area contributed by atoms with E-state index in [1.165, 1.54) is 12.3 Å². The molecule has 1 aliphatic rings. The summed E-state index contributed by atoms with van der Waals surface area (Å²) in [6.07, 6.45) is 3.58. The quantitative estimate of drug-likeness (QED) is 0.392. The maximum Gasteiger partial charge on any atom is 0.258 e. The number of alkyl halides is 1. The largest absolute Gasteiger partial charge is 0.377 e. The Hall–Kier alpha value is -2.46. The van der Waals surface area contributed by atoms with Gasteiger partial charge < -0.3 is 16.0 Å². The molecule has 0 aliphatic heterocycles. The van der Waals surface area contributed by atoms with Gasteiger partial charge in [-0.2, -0.15) is 0 Å². The zero-order valence-corrected chi connectivity index (χ0v) is 20.5. The molecule has 4 N–H and O–H groups in total. The summed E-state index contributed by atoms with van der Waals surface area (Å²) in [5.41, 5.74) is 6.66. The van der Waals surface area contributed by atoms with Gasteiger partial charge in [-0.1, -0.05) is 19.4 Å². The maximum atomic E-state index is 14.2. The molecule has 1 atom stereocenters. The second-order valence-corrected chi connectivity index (χ2v) is 10.1. The van der Waals surface area contributed by atoms with Crippen molar-refractivity contribution in [3.05, 3.63) is 54.6 Å². The Balaban J connectivity index is 0.00000265. The van der Waals surface area contributed by atoms with Crippen molar-refractivity contribution >= 4 is 21.6 Å². The van der Waals surface area contributed by atoms with E-state index < -0.39 is 39.2 Å². The molecule has 10 heteroatoms. The zero-order valence-electron chi connectivity index (χ0n) is 19.7. The van der Waals surface area contributed by atoms with Crippen molar-refractivity contribution in [2.45, 2.75) is 57.2 Å². The van der Waals surface area contributed by atoms with E-state index >= 15 is 0 Å². The molecule has 1 unspecified atom stereocenters. The number of hydrogen-bond donors (Lipinski definition) is 3. The average molecular weight is 487 g/mol. The van der Waals surface area contributed by atoms with Crippen LogP contribution in [0.5, 0.6) is 0 Å². The molecule has 0 saturated heterocycles. The van der Waals surface area contributed by atoms with Crippen LogP contribution in [0.1, 0.15) is 45.1 Å². The Morgan fingerprint density at radius 1 is 1.36 bits per heavy atom. The average Bonchev–Trinajstić information content (AvgIpc) is 3.58. The fourth-order valence-corrected chi connectivity index (χ4v) is 5.19. The van der Waals surface area contributed by atoms with Gasteiger partial charge in [-0.25, -0.2) is 17.2 Å². The van der Waals surface area contributed by atoms with E-state index in [-0.39, 0.29) is 24.5 Å². The number of carbonyl (C=O) groups excluding carboxylic acids is 1. The molecule has 7 nitrogen and oxygen atoms in total. The van der Waals surface area contributed by atoms with E-state index in [4.69, 9.17) is 5.73 Å². The SMILES string of the molecule is C=C.CCCC1(S(=O)(=O)N/C(=C/N(C(=O)CF)C(C)CN)CNc2ccc(C)cc2F)CC1. The molecule has 33 heavy (non-hydrogen) atoms. The summed E-state index contributed by atoms with van der Waals surface area (Å²) in [7, 11) is -3.76. The van der Waals surface area contributed by atoms with Crippen molar-refractivity contribution in [2.24, 2.45) is 5.73 Å². The number of nitrogens with zero attached hydrogens (tertiary/aromatic N) is 1. The molecule has 1 aromatic carbocycles. The molecule has 0 spiro atoms. The Kier molecular flexibility index (Phi) is 11.0. The lowest BCUT2D eigenvalue weighted by atomic mass is 10.2. The van der Waals surface area contributed by atoms with Crippen LogP contribution in [0.3, 0.4) is 0 Å². The molecule has 0 heterocycles. The van der Waals surface area contributed by atoms with Gasteiger partial charge in [0.05, 0.1) is 22.7 Å². The van der Waals surface area contributed by atoms with Gasteiger partial charge in [0, 0.05) is 18.8 Å². The summed E-state index contributed by atoms with van der Waals surface area (Å²) >= 11 is 0. The first-order chi connectivity index (χ1) is 15.6. The van der Waals surface area contributed by atoms with E-state index in [0.717, 1.165) is 10.5 Å². The van der Waals surface area contributed by atoms with Crippen LogP contribution in [-0.2, 0) is 14.8 Å². The molecular weight excluding hydrogens is 450 g/mol. The number of halogens is 2. The highest BCUT2D eigenvalue weighted by Gasteiger charge is 2.53. The topological polar surface area (TPSA) is 105 Å². The molecule has 1 saturated carbocycles. The summed E-state index contributed by atoms with van der Waals surface area (Å²) in [4.78, 5) is 13.2. The third-order valence-electron chi connectivity index (χ3n) is 5.46. The first-order valence-electron chi connectivity index (χ1n) is 10.9. The van der Waals surface area contributed by atoms with Crippen molar-refractivity contribution in [1.29, 1.82) is 0 Å². The number of aryl methyl sites for hydroxylation is 1. The first kappa shape index (κ1) is 28.6. The zero-order chi connectivity index (χ0) is 25.2. The molecule has 1 aliphatic carbocycles. The number of amides is 1. The molecule has 0 aromatic heterocycles. The molecule has 2 rings (SSSR count). The third-order valence-corrected chi connectivity index (χ3v) is 7.74. The van der Waals surface area contributed by atoms with E-state index in [0.29, 0.717) is 25.7 Å². The number of nitrogens with one attached hydrogen (secondary N) is 2. The molecular formula is C23H36F2N4O3S. The van der Waals surface area contributed by atoms with Gasteiger partial charge in [0.25, 0.3) is 5.91 Å². The highest BCUT2D eigenvalue weighted by atomic mass is 32.2. The summed E-state index contributed by atoms with van der Waals surface area (Å²) in [6, 6.07) is 4.06. The van der Waals surface area contributed by atoms with Gasteiger partial charge in [-0.3, -0.25) is 9.52 Å². The number of benzene rings is 1. The summed E-state index contributed by atoms with van der Waals surface area (Å²) in [5.74, 6) is -1.33. The Labute approximate surface area is 196 Å². The van der Waals surface area contributed by atoms with Crippen molar-refractivity contribution in [3.8, 4) is 0 Å². The summed E-state index contributed by atoms with van der Waals surface area (Å²) < 4.78 is 55.1. The van der Waals surface area contributed by atoms with Crippen LogP contribution in [0.2, 0.25) is 0 Å². The van der Waals surface area contributed by atoms with Crippen LogP contribution in [0.25, 0.3) is 0 Å². The van der Waals surface area contributed by atoms with Crippen LogP contribution in [0.4, 0.5) is 14.5 Å². The Morgan fingerprint density at radius 2 is 2.00 bits per heavy atom. The minimum atomic E-state index is -3.76. The second kappa shape index (κ2) is 12.7. The van der Waals surface area contributed by atoms with Crippen LogP contribution >= 0.6 is 0 Å². The smallest absolute Gasteiger partial charge is 0.258 e. The highest BCUT2D eigenvalue weighted by molar-refractivity contribution is 7.91. The number of anilines is 1. The first-order valence-corrected chi connectivity index (χ1v) is 12.4. The lowest BCUT2D eigenvalue weighted by molar-refractivity contribution is -0.131. The fraction of sp³-hybridized carbons (Fsp3) is 0.522. The van der Waals surface area contributed by atoms with Crippen LogP contribution in [0.15, 0.2) is 43.3 Å². The van der Waals surface area contributed by atoms with Crippen LogP contribution in [-0.4, -0.2) is 49.8 Å². The number of hydrogen-bond acceptors (Lipinski definition) is 5. The summed E-state index contributed by atoms with van der Waals surface area (Å²) in [5, 5.41) is 2.85. The van der Waals surface area contributed by atoms with E-state index in [1.54, 1.807) is 26.0 Å². The molecule has 186 valence electrons. The minimum Gasteiger partial charge on any atom is -0.377 e. The summed E-state index contributed by atoms with van der Waals surface area (Å²) in [6.45, 7) is 9.99. The van der Waals surface area contributed by atoms with Gasteiger partial charge in [0.2, 0.25) is 10.0 Å². The van der Waals surface area contributed by atoms with Gasteiger partial charge in [0.15, 0.2) is 6.67 Å². The van der Waals surface area contributed by atoms with E-state index in [1.807, 2.05) is 6.92 Å². The highest BCUT2D eigenvalue weighted by Crippen LogP contribution is 2.47. The predicted molar refractivity (Wildman–Crippen MR) is 129 cm³/mol. The number of carbonyl (C=O) groups is 1. The monoisotopic (exact) mass is 486 g/mol. The standard InChI is InChI=1S/C21H32F2N4O3S.C2H4/c1-4-7-21(8-9-21)31(29,30)26-17(14-27(16(3)12-24)20(28)11-22)13-25-19-6-5-15(2)10-18(19)23;1-2/h5-6,10,14,16,25-26H,4,7-9,11-13,24H2,1-3H3;1-2H2/b17-14+;. The second-order valence-electron chi connectivity index (χ2n) is 8.05. The number of sulfonamides is 1. The maximum absolute atomic E-state index is 14.2.